The minimum Gasteiger partial charge on any atom is -0.383 e. The van der Waals surface area contributed by atoms with Gasteiger partial charge in [-0.2, -0.15) is 0 Å². The molecule has 2 aliphatic rings. The molecule has 144 valence electrons. The fourth-order valence-electron chi connectivity index (χ4n) is 4.16. The van der Waals surface area contributed by atoms with E-state index in [0.29, 0.717) is 25.9 Å². The van der Waals surface area contributed by atoms with Crippen molar-refractivity contribution in [2.45, 2.75) is 58.1 Å². The number of aliphatic hydroxyl groups excluding tert-OH is 1. The van der Waals surface area contributed by atoms with Gasteiger partial charge in [0.2, 0.25) is 5.91 Å². The Labute approximate surface area is 155 Å². The van der Waals surface area contributed by atoms with Crippen molar-refractivity contribution in [1.29, 1.82) is 0 Å². The Morgan fingerprint density at radius 3 is 2.73 bits per heavy atom. The summed E-state index contributed by atoms with van der Waals surface area (Å²) in [6.07, 6.45) is 9.38. The molecule has 0 radical (unpaired) electrons. The summed E-state index contributed by atoms with van der Waals surface area (Å²) in [5.74, 6) is 0.104. The van der Waals surface area contributed by atoms with E-state index in [0.717, 1.165) is 45.3 Å². The summed E-state index contributed by atoms with van der Waals surface area (Å²) in [5, 5.41) is 9.78. The smallest absolute Gasteiger partial charge is 0.251 e. The van der Waals surface area contributed by atoms with Crippen LogP contribution in [0.1, 0.15) is 45.4 Å². The van der Waals surface area contributed by atoms with Gasteiger partial charge in [-0.1, -0.05) is 6.92 Å². The number of piperidine rings is 2. The summed E-state index contributed by atoms with van der Waals surface area (Å²) in [6.45, 7) is 5.64. The summed E-state index contributed by atoms with van der Waals surface area (Å²) >= 11 is 0. The van der Waals surface area contributed by atoms with Crippen molar-refractivity contribution >= 4 is 11.8 Å². The molecule has 0 saturated carbocycles. The number of aromatic nitrogens is 2. The highest BCUT2D eigenvalue weighted by Crippen LogP contribution is 2.40. The van der Waals surface area contributed by atoms with E-state index in [2.05, 4.69) is 4.98 Å². The van der Waals surface area contributed by atoms with Gasteiger partial charge < -0.3 is 19.5 Å². The Balaban J connectivity index is 1.51. The van der Waals surface area contributed by atoms with Gasteiger partial charge in [0, 0.05) is 51.5 Å². The number of hydrogen-bond acceptors (Lipinski definition) is 4. The van der Waals surface area contributed by atoms with Gasteiger partial charge in [-0.05, 0) is 37.5 Å². The van der Waals surface area contributed by atoms with Crippen LogP contribution in [0.15, 0.2) is 18.7 Å². The van der Waals surface area contributed by atoms with Gasteiger partial charge in [0.1, 0.15) is 6.10 Å². The first-order valence-corrected chi connectivity index (χ1v) is 9.73. The van der Waals surface area contributed by atoms with Crippen molar-refractivity contribution in [3.8, 4) is 0 Å². The molecule has 0 unspecified atom stereocenters. The second-order valence-electron chi connectivity index (χ2n) is 7.72. The molecular weight excluding hydrogens is 332 g/mol. The number of aliphatic hydroxyl groups is 1. The first-order valence-electron chi connectivity index (χ1n) is 9.73. The van der Waals surface area contributed by atoms with Crippen LogP contribution in [-0.4, -0.2) is 68.6 Å². The largest absolute Gasteiger partial charge is 0.383 e. The topological polar surface area (TPSA) is 78.7 Å². The van der Waals surface area contributed by atoms with E-state index in [1.807, 2.05) is 22.6 Å². The summed E-state index contributed by atoms with van der Waals surface area (Å²) in [5.41, 5.74) is 0.136. The van der Waals surface area contributed by atoms with Crippen molar-refractivity contribution < 1.29 is 14.7 Å². The molecule has 2 aliphatic heterocycles. The molecule has 2 saturated heterocycles. The number of carbonyl (C=O) groups excluding carboxylic acids is 2. The van der Waals surface area contributed by atoms with Crippen molar-refractivity contribution in [3.63, 3.8) is 0 Å². The molecular formula is C19H30N4O3. The summed E-state index contributed by atoms with van der Waals surface area (Å²) < 4.78 is 2.04. The van der Waals surface area contributed by atoms with E-state index in [-0.39, 0.29) is 17.2 Å². The molecule has 7 nitrogen and oxygen atoms in total. The number of hydrogen-bond donors (Lipinski definition) is 1. The quantitative estimate of drug-likeness (QED) is 0.827. The van der Waals surface area contributed by atoms with E-state index in [1.165, 1.54) is 0 Å². The van der Waals surface area contributed by atoms with Gasteiger partial charge >= 0.3 is 0 Å². The minimum atomic E-state index is -0.878. The second-order valence-corrected chi connectivity index (χ2v) is 7.72. The highest BCUT2D eigenvalue weighted by atomic mass is 16.3. The van der Waals surface area contributed by atoms with E-state index in [4.69, 9.17) is 0 Å². The highest BCUT2D eigenvalue weighted by Gasteiger charge is 2.41. The molecule has 2 fully saturated rings. The fourth-order valence-corrected chi connectivity index (χ4v) is 4.16. The summed E-state index contributed by atoms with van der Waals surface area (Å²) in [6, 6.07) is 0. The predicted octanol–water partition coefficient (Wildman–Crippen LogP) is 1.28. The number of rotatable bonds is 6. The van der Waals surface area contributed by atoms with Crippen molar-refractivity contribution in [2.75, 3.05) is 26.2 Å². The van der Waals surface area contributed by atoms with Crippen LogP contribution in [0.2, 0.25) is 0 Å². The number of nitrogens with zero attached hydrogens (tertiary/aromatic N) is 4. The Kier molecular flexibility index (Phi) is 5.96. The molecule has 26 heavy (non-hydrogen) atoms. The van der Waals surface area contributed by atoms with E-state index in [9.17, 15) is 14.7 Å². The lowest BCUT2D eigenvalue weighted by molar-refractivity contribution is -0.147. The SMILES string of the molecule is CC[C@@H](O)C(=O)N1CCC2(CCC(=O)N(CCCn3ccnc3)C2)CC1. The van der Waals surface area contributed by atoms with Crippen LogP contribution in [0.3, 0.4) is 0 Å². The summed E-state index contributed by atoms with van der Waals surface area (Å²) in [7, 11) is 0. The monoisotopic (exact) mass is 362 g/mol. The minimum absolute atomic E-state index is 0.136. The molecule has 3 rings (SSSR count). The highest BCUT2D eigenvalue weighted by molar-refractivity contribution is 5.80. The third kappa shape index (κ3) is 4.26. The maximum Gasteiger partial charge on any atom is 0.251 e. The van der Waals surface area contributed by atoms with Crippen LogP contribution in [0.25, 0.3) is 0 Å². The average molecular weight is 362 g/mol. The van der Waals surface area contributed by atoms with Gasteiger partial charge in [-0.15, -0.1) is 0 Å². The normalized spacial score (nSPS) is 21.2. The number of likely N-dealkylation sites (tertiary alicyclic amines) is 2. The molecule has 2 amide bonds. The Morgan fingerprint density at radius 2 is 2.08 bits per heavy atom. The standard InChI is InChI=1S/C19H30N4O3/c1-2-16(24)18(26)22-11-6-19(7-12-22)5-4-17(25)23(14-19)10-3-9-21-13-8-20-15-21/h8,13,15-16,24H,2-7,9-12,14H2,1H3/t16-/m1/s1. The van der Waals surface area contributed by atoms with E-state index < -0.39 is 6.10 Å². The summed E-state index contributed by atoms with van der Waals surface area (Å²) in [4.78, 5) is 32.3. The molecule has 1 aromatic heterocycles. The lowest BCUT2D eigenvalue weighted by Gasteiger charge is -2.47. The van der Waals surface area contributed by atoms with Gasteiger partial charge in [0.15, 0.2) is 0 Å². The van der Waals surface area contributed by atoms with Crippen molar-refractivity contribution in [3.05, 3.63) is 18.7 Å². The Morgan fingerprint density at radius 1 is 1.31 bits per heavy atom. The van der Waals surface area contributed by atoms with Crippen LogP contribution in [0, 0.1) is 5.41 Å². The number of amides is 2. The first kappa shape index (κ1) is 18.9. The lowest BCUT2D eigenvalue weighted by atomic mass is 9.72. The van der Waals surface area contributed by atoms with Gasteiger partial charge in [-0.25, -0.2) is 4.98 Å². The third-order valence-corrected chi connectivity index (χ3v) is 5.96. The second kappa shape index (κ2) is 8.20. The maximum absolute atomic E-state index is 12.3. The number of imidazole rings is 1. The van der Waals surface area contributed by atoms with Crippen molar-refractivity contribution in [1.82, 2.24) is 19.4 Å². The molecule has 0 aliphatic carbocycles. The Hall–Kier alpha value is -1.89. The van der Waals surface area contributed by atoms with Gasteiger partial charge in [0.05, 0.1) is 6.33 Å². The lowest BCUT2D eigenvalue weighted by Crippen LogP contribution is -2.53. The van der Waals surface area contributed by atoms with E-state index >= 15 is 0 Å². The van der Waals surface area contributed by atoms with Crippen LogP contribution < -0.4 is 0 Å². The van der Waals surface area contributed by atoms with Gasteiger partial charge in [0.25, 0.3) is 5.91 Å². The zero-order valence-corrected chi connectivity index (χ0v) is 15.6. The first-order chi connectivity index (χ1) is 12.5. The molecule has 1 spiro atoms. The molecule has 1 atom stereocenters. The van der Waals surface area contributed by atoms with E-state index in [1.54, 1.807) is 17.4 Å². The average Bonchev–Trinajstić information content (AvgIpc) is 3.17. The van der Waals surface area contributed by atoms with Crippen LogP contribution in [0.4, 0.5) is 0 Å². The molecule has 1 aromatic rings. The fraction of sp³-hybridized carbons (Fsp3) is 0.737. The van der Waals surface area contributed by atoms with Gasteiger partial charge in [-0.3, -0.25) is 9.59 Å². The van der Waals surface area contributed by atoms with Crippen LogP contribution >= 0.6 is 0 Å². The maximum atomic E-state index is 12.3. The van der Waals surface area contributed by atoms with Crippen molar-refractivity contribution in [2.24, 2.45) is 5.41 Å². The predicted molar refractivity (Wildman–Crippen MR) is 97.2 cm³/mol. The number of aryl methyl sites for hydroxylation is 1. The number of carbonyl (C=O) groups is 2. The molecule has 1 N–H and O–H groups in total. The third-order valence-electron chi connectivity index (χ3n) is 5.96. The zero-order chi connectivity index (χ0) is 18.6. The Bertz CT molecular complexity index is 608. The van der Waals surface area contributed by atoms with Crippen LogP contribution in [-0.2, 0) is 16.1 Å². The zero-order valence-electron chi connectivity index (χ0n) is 15.6. The van der Waals surface area contributed by atoms with Crippen LogP contribution in [0.5, 0.6) is 0 Å². The molecule has 0 aromatic carbocycles. The molecule has 7 heteroatoms. The molecule has 0 bridgehead atoms. The molecule has 3 heterocycles.